The van der Waals surface area contributed by atoms with Gasteiger partial charge in [0.15, 0.2) is 0 Å². The molecule has 6 rings (SSSR count). The quantitative estimate of drug-likeness (QED) is 0.521. The van der Waals surface area contributed by atoms with Crippen LogP contribution in [0.3, 0.4) is 0 Å². The zero-order valence-corrected chi connectivity index (χ0v) is 20.2. The lowest BCUT2D eigenvalue weighted by Gasteiger charge is -2.57. The first kappa shape index (κ1) is 22.9. The van der Waals surface area contributed by atoms with Crippen LogP contribution in [0.5, 0.6) is 0 Å². The molecule has 1 aromatic heterocycles. The molecule has 1 amide bonds. The molecule has 2 aromatic rings. The Morgan fingerprint density at radius 3 is 2.26 bits per heavy atom. The second kappa shape index (κ2) is 9.05. The first-order valence-electron chi connectivity index (χ1n) is 12.7. The second-order valence-electron chi connectivity index (χ2n) is 11.0. The van der Waals surface area contributed by atoms with Crippen molar-refractivity contribution in [2.24, 2.45) is 23.2 Å². The molecule has 1 heterocycles. The predicted molar refractivity (Wildman–Crippen MR) is 133 cm³/mol. The molecular formula is C28H35N3O3. The van der Waals surface area contributed by atoms with Gasteiger partial charge in [0.25, 0.3) is 5.91 Å². The monoisotopic (exact) mass is 461 g/mol. The molecule has 4 fully saturated rings. The molecule has 0 radical (unpaired) electrons. The molecule has 0 spiro atoms. The smallest absolute Gasteiger partial charge is 0.339 e. The number of carbonyl (C=O) groups excluding carboxylic acids is 1. The molecule has 1 aromatic carbocycles. The minimum atomic E-state index is -1.03. The molecule has 4 saturated carbocycles. The number of carboxylic acids is 1. The third-order valence-electron chi connectivity index (χ3n) is 8.43. The lowest BCUT2D eigenvalue weighted by atomic mass is 9.49. The fourth-order valence-electron chi connectivity index (χ4n) is 7.23. The van der Waals surface area contributed by atoms with Crippen molar-refractivity contribution >= 4 is 23.4 Å². The van der Waals surface area contributed by atoms with Gasteiger partial charge in [-0.15, -0.1) is 0 Å². The van der Waals surface area contributed by atoms with E-state index in [-0.39, 0.29) is 11.5 Å². The van der Waals surface area contributed by atoms with Crippen molar-refractivity contribution in [2.75, 3.05) is 23.3 Å². The van der Waals surface area contributed by atoms with Gasteiger partial charge >= 0.3 is 5.97 Å². The molecule has 4 aliphatic carbocycles. The lowest BCUT2D eigenvalue weighted by Crippen LogP contribution is -2.47. The summed E-state index contributed by atoms with van der Waals surface area (Å²) in [6.07, 6.45) is 11.0. The molecule has 0 unspecified atom stereocenters. The van der Waals surface area contributed by atoms with E-state index in [9.17, 15) is 14.7 Å². The van der Waals surface area contributed by atoms with Crippen molar-refractivity contribution in [1.82, 2.24) is 4.98 Å². The molecule has 4 bridgehead atoms. The average Bonchev–Trinajstić information content (AvgIpc) is 2.79. The molecule has 0 saturated heterocycles. The van der Waals surface area contributed by atoms with E-state index in [0.29, 0.717) is 29.0 Å². The molecule has 0 atom stereocenters. The Labute approximate surface area is 201 Å². The van der Waals surface area contributed by atoms with Crippen LogP contribution in [0.15, 0.2) is 36.5 Å². The van der Waals surface area contributed by atoms with Crippen LogP contribution in [-0.4, -0.2) is 35.1 Å². The number of hydrogen-bond acceptors (Lipinski definition) is 4. The summed E-state index contributed by atoms with van der Waals surface area (Å²) in [5.74, 6) is 1.91. The predicted octanol–water partition coefficient (Wildman–Crippen LogP) is 5.77. The molecule has 4 aliphatic rings. The number of carbonyl (C=O) groups is 2. The van der Waals surface area contributed by atoms with E-state index < -0.39 is 5.97 Å². The van der Waals surface area contributed by atoms with Gasteiger partial charge in [-0.1, -0.05) is 17.7 Å². The summed E-state index contributed by atoms with van der Waals surface area (Å²) >= 11 is 0. The van der Waals surface area contributed by atoms with Gasteiger partial charge in [-0.3, -0.25) is 4.79 Å². The van der Waals surface area contributed by atoms with Gasteiger partial charge in [0, 0.05) is 18.7 Å². The summed E-state index contributed by atoms with van der Waals surface area (Å²) in [7, 11) is 0. The Bertz CT molecular complexity index is 1040. The van der Waals surface area contributed by atoms with E-state index in [1.54, 1.807) is 18.3 Å². The van der Waals surface area contributed by atoms with Gasteiger partial charge in [-0.05, 0) is 100 Å². The zero-order chi connectivity index (χ0) is 23.9. The number of nitrogens with one attached hydrogen (secondary N) is 1. The average molecular weight is 462 g/mol. The standard InChI is InChI=1S/C28H35N3O3/c1-3-31(9-8-28-14-19-10-20(15-28)12-21(11-19)16-28)25-24(27(33)34)13-23(17-29-25)30-26(32)22-6-4-18(2)5-7-22/h4-7,13,17,19-21H,3,8-12,14-16H2,1-2H3,(H,30,32)(H,33,34). The summed E-state index contributed by atoms with van der Waals surface area (Å²) in [5.41, 5.74) is 2.56. The minimum Gasteiger partial charge on any atom is -0.478 e. The van der Waals surface area contributed by atoms with Crippen LogP contribution in [0.1, 0.15) is 78.1 Å². The zero-order valence-electron chi connectivity index (χ0n) is 20.2. The van der Waals surface area contributed by atoms with Gasteiger partial charge in [0.1, 0.15) is 11.4 Å². The number of aromatic carboxylic acids is 1. The van der Waals surface area contributed by atoms with Crippen molar-refractivity contribution in [3.63, 3.8) is 0 Å². The number of carboxylic acid groups (broad SMARTS) is 1. The van der Waals surface area contributed by atoms with Gasteiger partial charge in [-0.25, -0.2) is 9.78 Å². The highest BCUT2D eigenvalue weighted by molar-refractivity contribution is 6.05. The van der Waals surface area contributed by atoms with Crippen LogP contribution < -0.4 is 10.2 Å². The largest absolute Gasteiger partial charge is 0.478 e. The summed E-state index contributed by atoms with van der Waals surface area (Å²) < 4.78 is 0. The number of pyridine rings is 1. The van der Waals surface area contributed by atoms with Crippen molar-refractivity contribution in [3.05, 3.63) is 53.2 Å². The van der Waals surface area contributed by atoms with E-state index in [1.165, 1.54) is 44.6 Å². The van der Waals surface area contributed by atoms with Crippen molar-refractivity contribution in [3.8, 4) is 0 Å². The summed E-state index contributed by atoms with van der Waals surface area (Å²) in [4.78, 5) is 31.4. The van der Waals surface area contributed by atoms with Crippen LogP contribution in [0, 0.1) is 30.1 Å². The van der Waals surface area contributed by atoms with E-state index in [2.05, 4.69) is 22.1 Å². The van der Waals surface area contributed by atoms with Gasteiger partial charge in [-0.2, -0.15) is 0 Å². The van der Waals surface area contributed by atoms with Crippen LogP contribution in [0.4, 0.5) is 11.5 Å². The maximum Gasteiger partial charge on any atom is 0.339 e. The third-order valence-corrected chi connectivity index (χ3v) is 8.43. The van der Waals surface area contributed by atoms with Crippen molar-refractivity contribution < 1.29 is 14.7 Å². The minimum absolute atomic E-state index is 0.133. The number of nitrogens with zero attached hydrogens (tertiary/aromatic N) is 2. The number of benzene rings is 1. The number of anilines is 2. The van der Waals surface area contributed by atoms with Crippen molar-refractivity contribution in [2.45, 2.75) is 58.8 Å². The SMILES string of the molecule is CCN(CCC12CC3CC(CC(C3)C1)C2)c1ncc(NC(=O)c2ccc(C)cc2)cc1C(=O)O. The third kappa shape index (κ3) is 4.55. The number of amides is 1. The molecule has 34 heavy (non-hydrogen) atoms. The fraction of sp³-hybridized carbons (Fsp3) is 0.536. The van der Waals surface area contributed by atoms with E-state index >= 15 is 0 Å². The summed E-state index contributed by atoms with van der Waals surface area (Å²) in [5, 5.41) is 12.7. The van der Waals surface area contributed by atoms with Gasteiger partial charge in [0.05, 0.1) is 11.9 Å². The molecule has 0 aliphatic heterocycles. The van der Waals surface area contributed by atoms with E-state index in [4.69, 9.17) is 0 Å². The Morgan fingerprint density at radius 1 is 1.09 bits per heavy atom. The summed E-state index contributed by atoms with van der Waals surface area (Å²) in [6, 6.07) is 8.80. The molecule has 6 nitrogen and oxygen atoms in total. The number of aromatic nitrogens is 1. The fourth-order valence-corrected chi connectivity index (χ4v) is 7.23. The maximum absolute atomic E-state index is 12.6. The highest BCUT2D eigenvalue weighted by Crippen LogP contribution is 2.61. The lowest BCUT2D eigenvalue weighted by molar-refractivity contribution is -0.0559. The van der Waals surface area contributed by atoms with Crippen LogP contribution in [0.2, 0.25) is 0 Å². The molecular weight excluding hydrogens is 426 g/mol. The highest BCUT2D eigenvalue weighted by Gasteiger charge is 2.50. The Kier molecular flexibility index (Phi) is 6.09. The Balaban J connectivity index is 1.31. The number of rotatable bonds is 8. The molecule has 180 valence electrons. The van der Waals surface area contributed by atoms with Crippen LogP contribution in [-0.2, 0) is 0 Å². The number of hydrogen-bond donors (Lipinski definition) is 2. The van der Waals surface area contributed by atoms with Crippen LogP contribution in [0.25, 0.3) is 0 Å². The highest BCUT2D eigenvalue weighted by atomic mass is 16.4. The van der Waals surface area contributed by atoms with Crippen molar-refractivity contribution in [1.29, 1.82) is 0 Å². The normalized spacial score (nSPS) is 26.9. The van der Waals surface area contributed by atoms with Gasteiger partial charge in [0.2, 0.25) is 0 Å². The molecule has 6 heteroatoms. The molecule has 2 N–H and O–H groups in total. The first-order valence-corrected chi connectivity index (χ1v) is 12.7. The first-order chi connectivity index (χ1) is 16.3. The van der Waals surface area contributed by atoms with Crippen LogP contribution >= 0.6 is 0 Å². The Hall–Kier alpha value is -2.89. The number of aryl methyl sites for hydroxylation is 1. The Morgan fingerprint density at radius 2 is 1.71 bits per heavy atom. The van der Waals surface area contributed by atoms with E-state index in [0.717, 1.165) is 36.3 Å². The second-order valence-corrected chi connectivity index (χ2v) is 11.0. The van der Waals surface area contributed by atoms with E-state index in [1.807, 2.05) is 19.1 Å². The topological polar surface area (TPSA) is 82.5 Å². The maximum atomic E-state index is 12.6. The summed E-state index contributed by atoms with van der Waals surface area (Å²) in [6.45, 7) is 5.55. The van der Waals surface area contributed by atoms with Gasteiger partial charge < -0.3 is 15.3 Å².